The Kier molecular flexibility index (Phi) is 6.60. The highest BCUT2D eigenvalue weighted by Crippen LogP contribution is 2.28. The van der Waals surface area contributed by atoms with Crippen LogP contribution in [0.15, 0.2) is 60.7 Å². The van der Waals surface area contributed by atoms with Crippen LogP contribution in [0.2, 0.25) is 0 Å². The Bertz CT molecular complexity index is 1230. The molecule has 0 radical (unpaired) electrons. The first-order valence-electron chi connectivity index (χ1n) is 9.74. The van der Waals surface area contributed by atoms with Crippen LogP contribution >= 0.6 is 0 Å². The molecule has 0 aliphatic rings. The molecule has 0 fully saturated rings. The minimum Gasteiger partial charge on any atom is -0.462 e. The lowest BCUT2D eigenvalue weighted by Gasteiger charge is -2.23. The highest BCUT2D eigenvalue weighted by atomic mass is 32.2. The minimum absolute atomic E-state index is 0.239. The topological polar surface area (TPSA) is 92.8 Å². The summed E-state index contributed by atoms with van der Waals surface area (Å²) >= 11 is 0. The maximum Gasteiger partial charge on any atom is 0.338 e. The molecule has 0 saturated heterocycles. The van der Waals surface area contributed by atoms with Crippen molar-refractivity contribution in [2.75, 3.05) is 29.0 Å². The van der Waals surface area contributed by atoms with Gasteiger partial charge in [-0.2, -0.15) is 0 Å². The highest BCUT2D eigenvalue weighted by molar-refractivity contribution is 7.92. The van der Waals surface area contributed by atoms with Gasteiger partial charge < -0.3 is 10.1 Å². The Labute approximate surface area is 181 Å². The summed E-state index contributed by atoms with van der Waals surface area (Å²) < 4.78 is 31.1. The van der Waals surface area contributed by atoms with Crippen LogP contribution in [-0.4, -0.2) is 39.7 Å². The average molecular weight is 441 g/mol. The summed E-state index contributed by atoms with van der Waals surface area (Å²) in [7, 11) is -3.74. The average Bonchev–Trinajstić information content (AvgIpc) is 2.72. The van der Waals surface area contributed by atoms with Gasteiger partial charge in [0.2, 0.25) is 15.9 Å². The number of nitrogens with one attached hydrogen (secondary N) is 1. The molecule has 1 N–H and O–H groups in total. The molecule has 8 heteroatoms. The first-order valence-corrected chi connectivity index (χ1v) is 11.6. The Morgan fingerprint density at radius 3 is 2.45 bits per heavy atom. The number of aryl methyl sites for hydroxylation is 1. The van der Waals surface area contributed by atoms with Gasteiger partial charge in [-0.25, -0.2) is 13.2 Å². The van der Waals surface area contributed by atoms with Crippen molar-refractivity contribution in [3.8, 4) is 0 Å². The zero-order valence-electron chi connectivity index (χ0n) is 17.6. The van der Waals surface area contributed by atoms with Crippen molar-refractivity contribution in [3.63, 3.8) is 0 Å². The van der Waals surface area contributed by atoms with E-state index in [1.807, 2.05) is 30.3 Å². The summed E-state index contributed by atoms with van der Waals surface area (Å²) in [5.41, 5.74) is 1.88. The number of fused-ring (bicyclic) bond motifs is 1. The van der Waals surface area contributed by atoms with Gasteiger partial charge in [0.15, 0.2) is 0 Å². The molecule has 0 unspecified atom stereocenters. The molecule has 0 spiro atoms. The standard InChI is InChI=1S/C23H24N2O5S/c1-4-30-23(27)18-13-12-16(2)20(14-18)24-22(26)15-25(31(3,28)29)21-11-7-9-17-8-5-6-10-19(17)21/h5-14H,4,15H2,1-3H3,(H,24,26). The van der Waals surface area contributed by atoms with Crippen molar-refractivity contribution in [3.05, 3.63) is 71.8 Å². The summed E-state index contributed by atoms with van der Waals surface area (Å²) in [6.07, 6.45) is 1.06. The van der Waals surface area contributed by atoms with E-state index in [0.29, 0.717) is 16.9 Å². The molecule has 0 saturated carbocycles. The van der Waals surface area contributed by atoms with Crippen LogP contribution in [0.1, 0.15) is 22.8 Å². The Balaban J connectivity index is 1.90. The molecule has 0 aliphatic heterocycles. The van der Waals surface area contributed by atoms with E-state index >= 15 is 0 Å². The van der Waals surface area contributed by atoms with Gasteiger partial charge in [0.05, 0.1) is 24.1 Å². The number of hydrogen-bond acceptors (Lipinski definition) is 5. The number of rotatable bonds is 7. The van der Waals surface area contributed by atoms with Crippen molar-refractivity contribution >= 4 is 44.0 Å². The van der Waals surface area contributed by atoms with Crippen molar-refractivity contribution < 1.29 is 22.7 Å². The number of ether oxygens (including phenoxy) is 1. The number of nitrogens with zero attached hydrogens (tertiary/aromatic N) is 1. The molecule has 7 nitrogen and oxygen atoms in total. The predicted molar refractivity (Wildman–Crippen MR) is 122 cm³/mol. The molecule has 162 valence electrons. The second-order valence-electron chi connectivity index (χ2n) is 7.07. The molecule has 0 aliphatic carbocycles. The van der Waals surface area contributed by atoms with Crippen LogP contribution in [-0.2, 0) is 19.6 Å². The third-order valence-corrected chi connectivity index (χ3v) is 5.87. The van der Waals surface area contributed by atoms with E-state index in [2.05, 4.69) is 5.32 Å². The lowest BCUT2D eigenvalue weighted by atomic mass is 10.1. The number of benzene rings is 3. The summed E-state index contributed by atoms with van der Waals surface area (Å²) in [5.74, 6) is -1.02. The predicted octanol–water partition coefficient (Wildman–Crippen LogP) is 3.73. The van der Waals surface area contributed by atoms with Crippen molar-refractivity contribution in [2.45, 2.75) is 13.8 Å². The van der Waals surface area contributed by atoms with Crippen LogP contribution in [0.25, 0.3) is 10.8 Å². The smallest absolute Gasteiger partial charge is 0.338 e. The normalized spacial score (nSPS) is 11.2. The van der Waals surface area contributed by atoms with Crippen LogP contribution in [0.3, 0.4) is 0 Å². The molecule has 1 amide bonds. The van der Waals surface area contributed by atoms with E-state index < -0.39 is 28.4 Å². The second-order valence-corrected chi connectivity index (χ2v) is 8.97. The van der Waals surface area contributed by atoms with E-state index in [1.165, 1.54) is 6.07 Å². The quantitative estimate of drug-likeness (QED) is 0.565. The summed E-state index contributed by atoms with van der Waals surface area (Å²) in [4.78, 5) is 24.8. The van der Waals surface area contributed by atoms with Gasteiger partial charge in [0.1, 0.15) is 6.54 Å². The second kappa shape index (κ2) is 9.18. The van der Waals surface area contributed by atoms with Gasteiger partial charge in [0.25, 0.3) is 0 Å². The van der Waals surface area contributed by atoms with Gasteiger partial charge in [-0.3, -0.25) is 9.10 Å². The molecule has 0 atom stereocenters. The Hall–Kier alpha value is -3.39. The van der Waals surface area contributed by atoms with E-state index in [1.54, 1.807) is 38.1 Å². The zero-order chi connectivity index (χ0) is 22.6. The van der Waals surface area contributed by atoms with Gasteiger partial charge in [-0.15, -0.1) is 0 Å². The van der Waals surface area contributed by atoms with Crippen molar-refractivity contribution in [2.24, 2.45) is 0 Å². The van der Waals surface area contributed by atoms with Gasteiger partial charge in [0, 0.05) is 11.1 Å². The molecule has 3 aromatic rings. The van der Waals surface area contributed by atoms with Crippen LogP contribution in [0.5, 0.6) is 0 Å². The fourth-order valence-corrected chi connectivity index (χ4v) is 4.09. The SMILES string of the molecule is CCOC(=O)c1ccc(C)c(NC(=O)CN(c2cccc3ccccc23)S(C)(=O)=O)c1. The number of amides is 1. The van der Waals surface area contributed by atoms with Gasteiger partial charge >= 0.3 is 5.97 Å². The first-order chi connectivity index (χ1) is 14.7. The van der Waals surface area contributed by atoms with Crippen LogP contribution < -0.4 is 9.62 Å². The van der Waals surface area contributed by atoms with Crippen LogP contribution in [0.4, 0.5) is 11.4 Å². The monoisotopic (exact) mass is 440 g/mol. The molecule has 0 aromatic heterocycles. The minimum atomic E-state index is -3.74. The number of carbonyl (C=O) groups excluding carboxylic acids is 2. The number of esters is 1. The maximum atomic E-state index is 12.8. The van der Waals surface area contributed by atoms with Crippen LogP contribution in [0, 0.1) is 6.92 Å². The van der Waals surface area contributed by atoms with E-state index in [-0.39, 0.29) is 6.61 Å². The van der Waals surface area contributed by atoms with E-state index in [9.17, 15) is 18.0 Å². The number of sulfonamides is 1. The zero-order valence-corrected chi connectivity index (χ0v) is 18.4. The summed E-state index contributed by atoms with van der Waals surface area (Å²) in [5, 5.41) is 4.31. The molecule has 3 rings (SSSR count). The molecular weight excluding hydrogens is 416 g/mol. The Morgan fingerprint density at radius 1 is 1.03 bits per heavy atom. The molecule has 31 heavy (non-hydrogen) atoms. The third kappa shape index (κ3) is 5.21. The summed E-state index contributed by atoms with van der Waals surface area (Å²) in [6.45, 7) is 3.32. The fraction of sp³-hybridized carbons (Fsp3) is 0.217. The Morgan fingerprint density at radius 2 is 1.74 bits per heavy atom. The molecular formula is C23H24N2O5S. The number of anilines is 2. The number of carbonyl (C=O) groups is 2. The first kappa shape index (κ1) is 22.3. The van der Waals surface area contributed by atoms with E-state index in [4.69, 9.17) is 4.74 Å². The number of hydrogen-bond donors (Lipinski definition) is 1. The molecule has 0 heterocycles. The van der Waals surface area contributed by atoms with Gasteiger partial charge in [-0.1, -0.05) is 42.5 Å². The lowest BCUT2D eigenvalue weighted by molar-refractivity contribution is -0.114. The van der Waals surface area contributed by atoms with E-state index in [0.717, 1.165) is 26.9 Å². The van der Waals surface area contributed by atoms with Crippen molar-refractivity contribution in [1.29, 1.82) is 0 Å². The van der Waals surface area contributed by atoms with Crippen molar-refractivity contribution in [1.82, 2.24) is 0 Å². The largest absolute Gasteiger partial charge is 0.462 e. The molecule has 3 aromatic carbocycles. The van der Waals surface area contributed by atoms with Gasteiger partial charge in [-0.05, 0) is 43.0 Å². The lowest BCUT2D eigenvalue weighted by Crippen LogP contribution is -2.37. The third-order valence-electron chi connectivity index (χ3n) is 4.75. The molecule has 0 bridgehead atoms. The summed E-state index contributed by atoms with van der Waals surface area (Å²) in [6, 6.07) is 17.5. The maximum absolute atomic E-state index is 12.8. The fourth-order valence-electron chi connectivity index (χ4n) is 3.23. The highest BCUT2D eigenvalue weighted by Gasteiger charge is 2.23.